The lowest BCUT2D eigenvalue weighted by atomic mass is 10.1. The number of nitrogens with zero attached hydrogens (tertiary/aromatic N) is 1. The molecule has 0 saturated heterocycles. The lowest BCUT2D eigenvalue weighted by Crippen LogP contribution is -2.12. The first-order valence-electron chi connectivity index (χ1n) is 6.51. The molecule has 0 aromatic carbocycles. The third-order valence-electron chi connectivity index (χ3n) is 3.12. The predicted molar refractivity (Wildman–Crippen MR) is 77.9 cm³/mol. The molecule has 18 heavy (non-hydrogen) atoms. The van der Waals surface area contributed by atoms with Crippen molar-refractivity contribution in [2.75, 3.05) is 0 Å². The Morgan fingerprint density at radius 2 is 2.00 bits per heavy atom. The van der Waals surface area contributed by atoms with Crippen LogP contribution in [0.4, 0.5) is 0 Å². The first kappa shape index (κ1) is 13.2. The molecule has 3 heteroatoms. The van der Waals surface area contributed by atoms with Crippen molar-refractivity contribution < 1.29 is 0 Å². The zero-order chi connectivity index (χ0) is 13.0. The molecule has 2 aromatic rings. The molecule has 0 aliphatic carbocycles. The molecule has 0 radical (unpaired) electrons. The van der Waals surface area contributed by atoms with Gasteiger partial charge in [0.2, 0.25) is 0 Å². The standard InChI is InChI=1S/C15H20N2S/c1-3-11-5-6-12(17-10-11)9-14(16)15-8-7-13(4-2)18-15/h5-8,10,14H,3-4,9,16H2,1-2H3. The molecule has 0 saturated carbocycles. The second-order valence-electron chi connectivity index (χ2n) is 4.48. The van der Waals surface area contributed by atoms with Crippen molar-refractivity contribution in [1.82, 2.24) is 4.98 Å². The average Bonchev–Trinajstić information content (AvgIpc) is 2.88. The van der Waals surface area contributed by atoms with E-state index in [4.69, 9.17) is 5.73 Å². The summed E-state index contributed by atoms with van der Waals surface area (Å²) in [6.45, 7) is 4.31. The number of nitrogens with two attached hydrogens (primary N) is 1. The number of aryl methyl sites for hydroxylation is 2. The Hall–Kier alpha value is -1.19. The summed E-state index contributed by atoms with van der Waals surface area (Å²) in [5.74, 6) is 0. The van der Waals surface area contributed by atoms with Crippen LogP contribution in [0.3, 0.4) is 0 Å². The van der Waals surface area contributed by atoms with Crippen LogP contribution in [0.5, 0.6) is 0 Å². The molecule has 0 spiro atoms. The van der Waals surface area contributed by atoms with Crippen molar-refractivity contribution >= 4 is 11.3 Å². The van der Waals surface area contributed by atoms with Gasteiger partial charge in [0, 0.05) is 34.1 Å². The molecule has 2 heterocycles. The minimum Gasteiger partial charge on any atom is -0.323 e. The summed E-state index contributed by atoms with van der Waals surface area (Å²) in [7, 11) is 0. The summed E-state index contributed by atoms with van der Waals surface area (Å²) in [4.78, 5) is 7.12. The maximum absolute atomic E-state index is 6.24. The molecule has 0 amide bonds. The highest BCUT2D eigenvalue weighted by Crippen LogP contribution is 2.24. The van der Waals surface area contributed by atoms with Crippen LogP contribution in [0.2, 0.25) is 0 Å². The van der Waals surface area contributed by atoms with E-state index in [1.165, 1.54) is 15.3 Å². The fraction of sp³-hybridized carbons (Fsp3) is 0.400. The molecule has 0 aliphatic rings. The Bertz CT molecular complexity index is 487. The lowest BCUT2D eigenvalue weighted by molar-refractivity contribution is 0.719. The number of thiophene rings is 1. The quantitative estimate of drug-likeness (QED) is 0.893. The predicted octanol–water partition coefficient (Wildman–Crippen LogP) is 3.51. The Balaban J connectivity index is 2.03. The molecule has 0 bridgehead atoms. The zero-order valence-corrected chi connectivity index (χ0v) is 11.8. The normalized spacial score (nSPS) is 12.6. The van der Waals surface area contributed by atoms with Gasteiger partial charge in [-0.3, -0.25) is 4.98 Å². The van der Waals surface area contributed by atoms with Crippen LogP contribution in [0.1, 0.15) is 40.9 Å². The Morgan fingerprint density at radius 1 is 1.17 bits per heavy atom. The summed E-state index contributed by atoms with van der Waals surface area (Å²) < 4.78 is 0. The topological polar surface area (TPSA) is 38.9 Å². The van der Waals surface area contributed by atoms with Crippen LogP contribution >= 0.6 is 11.3 Å². The molecule has 2 rings (SSSR count). The van der Waals surface area contributed by atoms with Gasteiger partial charge in [-0.15, -0.1) is 11.3 Å². The van der Waals surface area contributed by atoms with Gasteiger partial charge in [-0.1, -0.05) is 19.9 Å². The fourth-order valence-corrected chi connectivity index (χ4v) is 2.85. The second kappa shape index (κ2) is 6.12. The molecule has 0 fully saturated rings. The van der Waals surface area contributed by atoms with E-state index in [0.29, 0.717) is 0 Å². The van der Waals surface area contributed by atoms with Gasteiger partial charge in [-0.2, -0.15) is 0 Å². The average molecular weight is 260 g/mol. The van der Waals surface area contributed by atoms with E-state index in [-0.39, 0.29) is 6.04 Å². The van der Waals surface area contributed by atoms with Gasteiger partial charge in [0.05, 0.1) is 0 Å². The molecule has 2 nitrogen and oxygen atoms in total. The number of hydrogen-bond acceptors (Lipinski definition) is 3. The molecule has 1 atom stereocenters. The van der Waals surface area contributed by atoms with Crippen LogP contribution < -0.4 is 5.73 Å². The lowest BCUT2D eigenvalue weighted by Gasteiger charge is -2.09. The summed E-state index contributed by atoms with van der Waals surface area (Å²) in [5, 5.41) is 0. The molecule has 2 N–H and O–H groups in total. The van der Waals surface area contributed by atoms with Crippen LogP contribution in [0, 0.1) is 0 Å². The number of hydrogen-bond donors (Lipinski definition) is 1. The van der Waals surface area contributed by atoms with Crippen molar-refractivity contribution in [1.29, 1.82) is 0 Å². The molecular formula is C15H20N2S. The van der Waals surface area contributed by atoms with Crippen LogP contribution in [-0.2, 0) is 19.3 Å². The highest BCUT2D eigenvalue weighted by atomic mass is 32.1. The molecule has 2 aromatic heterocycles. The van der Waals surface area contributed by atoms with E-state index in [1.807, 2.05) is 17.5 Å². The Labute approximate surface area is 113 Å². The highest BCUT2D eigenvalue weighted by molar-refractivity contribution is 7.12. The minimum atomic E-state index is 0.0651. The smallest absolute Gasteiger partial charge is 0.0445 e. The van der Waals surface area contributed by atoms with Crippen molar-refractivity contribution in [2.24, 2.45) is 5.73 Å². The van der Waals surface area contributed by atoms with E-state index in [0.717, 1.165) is 25.0 Å². The van der Waals surface area contributed by atoms with Crippen molar-refractivity contribution in [3.63, 3.8) is 0 Å². The van der Waals surface area contributed by atoms with Crippen molar-refractivity contribution in [3.05, 3.63) is 51.5 Å². The van der Waals surface area contributed by atoms with E-state index in [1.54, 1.807) is 0 Å². The van der Waals surface area contributed by atoms with Crippen LogP contribution in [0.25, 0.3) is 0 Å². The molecule has 1 unspecified atom stereocenters. The number of rotatable bonds is 5. The van der Waals surface area contributed by atoms with Gasteiger partial charge in [0.15, 0.2) is 0 Å². The largest absolute Gasteiger partial charge is 0.323 e. The first-order chi connectivity index (χ1) is 8.72. The van der Waals surface area contributed by atoms with Gasteiger partial charge in [0.25, 0.3) is 0 Å². The number of aromatic nitrogens is 1. The Morgan fingerprint density at radius 3 is 2.56 bits per heavy atom. The van der Waals surface area contributed by atoms with Crippen molar-refractivity contribution in [2.45, 2.75) is 39.2 Å². The van der Waals surface area contributed by atoms with Crippen LogP contribution in [0.15, 0.2) is 30.5 Å². The van der Waals surface area contributed by atoms with Crippen LogP contribution in [-0.4, -0.2) is 4.98 Å². The Kier molecular flexibility index (Phi) is 4.50. The van der Waals surface area contributed by atoms with E-state index < -0.39 is 0 Å². The SMILES string of the molecule is CCc1ccc(CC(N)c2ccc(CC)s2)nc1. The summed E-state index contributed by atoms with van der Waals surface area (Å²) in [5.41, 5.74) is 8.59. The maximum Gasteiger partial charge on any atom is 0.0445 e. The zero-order valence-electron chi connectivity index (χ0n) is 11.0. The molecule has 0 aliphatic heterocycles. The second-order valence-corrected chi connectivity index (χ2v) is 5.68. The third-order valence-corrected chi connectivity index (χ3v) is 4.48. The first-order valence-corrected chi connectivity index (χ1v) is 7.32. The number of pyridine rings is 1. The van der Waals surface area contributed by atoms with Gasteiger partial charge >= 0.3 is 0 Å². The van der Waals surface area contributed by atoms with E-state index >= 15 is 0 Å². The van der Waals surface area contributed by atoms with Gasteiger partial charge in [-0.05, 0) is 36.6 Å². The summed E-state index contributed by atoms with van der Waals surface area (Å²) in [6.07, 6.45) is 4.88. The van der Waals surface area contributed by atoms with Crippen molar-refractivity contribution in [3.8, 4) is 0 Å². The summed E-state index contributed by atoms with van der Waals surface area (Å²) in [6, 6.07) is 8.62. The molecular weight excluding hydrogens is 240 g/mol. The van der Waals surface area contributed by atoms with E-state index in [2.05, 4.69) is 43.1 Å². The van der Waals surface area contributed by atoms with Gasteiger partial charge < -0.3 is 5.73 Å². The van der Waals surface area contributed by atoms with Gasteiger partial charge in [-0.25, -0.2) is 0 Å². The fourth-order valence-electron chi connectivity index (χ4n) is 1.89. The maximum atomic E-state index is 6.24. The minimum absolute atomic E-state index is 0.0651. The monoisotopic (exact) mass is 260 g/mol. The highest BCUT2D eigenvalue weighted by Gasteiger charge is 2.10. The third kappa shape index (κ3) is 3.18. The van der Waals surface area contributed by atoms with Gasteiger partial charge in [0.1, 0.15) is 0 Å². The summed E-state index contributed by atoms with van der Waals surface area (Å²) >= 11 is 1.82. The van der Waals surface area contributed by atoms with E-state index in [9.17, 15) is 0 Å². The molecule has 96 valence electrons.